The van der Waals surface area contributed by atoms with Crippen molar-refractivity contribution < 1.29 is 23.1 Å². The zero-order valence-corrected chi connectivity index (χ0v) is 8.66. The van der Waals surface area contributed by atoms with Crippen LogP contribution in [0.15, 0.2) is 24.3 Å². The molecule has 17 heavy (non-hydrogen) atoms. The maximum absolute atomic E-state index is 12.4. The zero-order valence-electron chi connectivity index (χ0n) is 8.66. The normalized spacial score (nSPS) is 13.2. The molecule has 1 atom stereocenters. The lowest BCUT2D eigenvalue weighted by Crippen LogP contribution is -2.32. The van der Waals surface area contributed by atoms with E-state index < -0.39 is 23.9 Å². The highest BCUT2D eigenvalue weighted by atomic mass is 19.4. The zero-order chi connectivity index (χ0) is 13.1. The minimum atomic E-state index is -4.46. The van der Waals surface area contributed by atoms with Gasteiger partial charge in [-0.1, -0.05) is 12.1 Å². The van der Waals surface area contributed by atoms with E-state index in [2.05, 4.69) is 0 Å². The highest BCUT2D eigenvalue weighted by molar-refractivity contribution is 5.65. The molecule has 1 rings (SSSR count). The quantitative estimate of drug-likeness (QED) is 0.765. The third-order valence-electron chi connectivity index (χ3n) is 2.15. The van der Waals surface area contributed by atoms with Gasteiger partial charge in [0, 0.05) is 6.54 Å². The van der Waals surface area contributed by atoms with Gasteiger partial charge in [0.15, 0.2) is 0 Å². The molecule has 0 aliphatic rings. The van der Waals surface area contributed by atoms with E-state index in [-0.39, 0.29) is 12.1 Å². The standard InChI is InChI=1S/C10H11F3N2O2/c11-10(12,13)7-3-1-2-6(4-7)8(5-14)15-9(16)17/h1-4,8,15H,5,14H2,(H,16,17). The van der Waals surface area contributed by atoms with Crippen molar-refractivity contribution in [2.75, 3.05) is 6.54 Å². The molecule has 4 N–H and O–H groups in total. The number of rotatable bonds is 3. The maximum atomic E-state index is 12.4. The van der Waals surface area contributed by atoms with E-state index in [0.29, 0.717) is 0 Å². The summed E-state index contributed by atoms with van der Waals surface area (Å²) in [6.45, 7) is -0.117. The second kappa shape index (κ2) is 5.05. The molecule has 1 amide bonds. The monoisotopic (exact) mass is 248 g/mol. The second-order valence-corrected chi connectivity index (χ2v) is 3.36. The molecular formula is C10H11F3N2O2. The van der Waals surface area contributed by atoms with Gasteiger partial charge >= 0.3 is 12.3 Å². The molecule has 0 fully saturated rings. The van der Waals surface area contributed by atoms with Crippen LogP contribution in [0.25, 0.3) is 0 Å². The van der Waals surface area contributed by atoms with Gasteiger partial charge in [-0.15, -0.1) is 0 Å². The van der Waals surface area contributed by atoms with E-state index in [0.717, 1.165) is 12.1 Å². The number of halogens is 3. The summed E-state index contributed by atoms with van der Waals surface area (Å²) in [5.41, 5.74) is 4.66. The maximum Gasteiger partial charge on any atom is 0.416 e. The molecule has 0 saturated carbocycles. The van der Waals surface area contributed by atoms with E-state index in [4.69, 9.17) is 10.8 Å². The van der Waals surface area contributed by atoms with Crippen LogP contribution >= 0.6 is 0 Å². The summed E-state index contributed by atoms with van der Waals surface area (Å²) in [5.74, 6) is 0. The fourth-order valence-corrected chi connectivity index (χ4v) is 1.36. The third kappa shape index (κ3) is 3.63. The Balaban J connectivity index is 3.01. The molecule has 0 aliphatic carbocycles. The summed E-state index contributed by atoms with van der Waals surface area (Å²) < 4.78 is 37.3. The summed E-state index contributed by atoms with van der Waals surface area (Å²) in [5, 5.41) is 10.6. The molecule has 0 radical (unpaired) electrons. The van der Waals surface area contributed by atoms with E-state index in [1.807, 2.05) is 5.32 Å². The van der Waals surface area contributed by atoms with Gasteiger partial charge in [0.1, 0.15) is 0 Å². The van der Waals surface area contributed by atoms with Gasteiger partial charge in [0.25, 0.3) is 0 Å². The average molecular weight is 248 g/mol. The van der Waals surface area contributed by atoms with Crippen LogP contribution in [0.3, 0.4) is 0 Å². The summed E-state index contributed by atoms with van der Waals surface area (Å²) >= 11 is 0. The van der Waals surface area contributed by atoms with Crippen molar-refractivity contribution in [3.8, 4) is 0 Å². The molecule has 0 heterocycles. The van der Waals surface area contributed by atoms with Crippen molar-refractivity contribution in [3.63, 3.8) is 0 Å². The van der Waals surface area contributed by atoms with Crippen LogP contribution < -0.4 is 11.1 Å². The third-order valence-corrected chi connectivity index (χ3v) is 2.15. The molecule has 1 aromatic rings. The number of carbonyl (C=O) groups is 1. The van der Waals surface area contributed by atoms with Gasteiger partial charge in [-0.25, -0.2) is 4.79 Å². The summed E-state index contributed by atoms with van der Waals surface area (Å²) in [4.78, 5) is 10.4. The Morgan fingerprint density at radius 2 is 2.12 bits per heavy atom. The lowest BCUT2D eigenvalue weighted by Gasteiger charge is -2.16. The summed E-state index contributed by atoms with van der Waals surface area (Å²) in [6, 6.07) is 3.55. The van der Waals surface area contributed by atoms with E-state index in [1.165, 1.54) is 12.1 Å². The first-order chi connectivity index (χ1) is 7.84. The number of benzene rings is 1. The second-order valence-electron chi connectivity index (χ2n) is 3.36. The van der Waals surface area contributed by atoms with Crippen molar-refractivity contribution in [1.82, 2.24) is 5.32 Å². The molecule has 7 heteroatoms. The van der Waals surface area contributed by atoms with E-state index in [1.54, 1.807) is 0 Å². The van der Waals surface area contributed by atoms with Crippen molar-refractivity contribution in [2.24, 2.45) is 5.73 Å². The minimum Gasteiger partial charge on any atom is -0.465 e. The van der Waals surface area contributed by atoms with E-state index in [9.17, 15) is 18.0 Å². The fraction of sp³-hybridized carbons (Fsp3) is 0.300. The first kappa shape index (κ1) is 13.3. The largest absolute Gasteiger partial charge is 0.465 e. The van der Waals surface area contributed by atoms with Crippen LogP contribution in [-0.4, -0.2) is 17.7 Å². The summed E-state index contributed by atoms with van der Waals surface area (Å²) in [6.07, 6.45) is -5.80. The highest BCUT2D eigenvalue weighted by Crippen LogP contribution is 2.30. The first-order valence-electron chi connectivity index (χ1n) is 4.71. The van der Waals surface area contributed by atoms with Gasteiger partial charge < -0.3 is 16.2 Å². The topological polar surface area (TPSA) is 75.3 Å². The Labute approximate surface area is 95.2 Å². The number of hydrogen-bond donors (Lipinski definition) is 3. The fourth-order valence-electron chi connectivity index (χ4n) is 1.36. The highest BCUT2D eigenvalue weighted by Gasteiger charge is 2.31. The van der Waals surface area contributed by atoms with Crippen LogP contribution in [0.4, 0.5) is 18.0 Å². The van der Waals surface area contributed by atoms with Gasteiger partial charge in [0.05, 0.1) is 11.6 Å². The van der Waals surface area contributed by atoms with Crippen molar-refractivity contribution in [3.05, 3.63) is 35.4 Å². The number of alkyl halides is 3. The molecule has 0 saturated heterocycles. The lowest BCUT2D eigenvalue weighted by atomic mass is 10.0. The van der Waals surface area contributed by atoms with Gasteiger partial charge in [-0.3, -0.25) is 0 Å². The number of hydrogen-bond acceptors (Lipinski definition) is 2. The first-order valence-corrected chi connectivity index (χ1v) is 4.71. The smallest absolute Gasteiger partial charge is 0.416 e. The van der Waals surface area contributed by atoms with Crippen molar-refractivity contribution in [2.45, 2.75) is 12.2 Å². The Morgan fingerprint density at radius 1 is 1.47 bits per heavy atom. The lowest BCUT2D eigenvalue weighted by molar-refractivity contribution is -0.137. The van der Waals surface area contributed by atoms with Gasteiger partial charge in [-0.05, 0) is 17.7 Å². The van der Waals surface area contributed by atoms with Gasteiger partial charge in [-0.2, -0.15) is 13.2 Å². The SMILES string of the molecule is NCC(NC(=O)O)c1cccc(C(F)(F)F)c1. The van der Waals surface area contributed by atoms with Crippen LogP contribution in [-0.2, 0) is 6.18 Å². The predicted molar refractivity (Wildman–Crippen MR) is 54.4 cm³/mol. The molecule has 1 aromatic carbocycles. The number of carboxylic acid groups (broad SMARTS) is 1. The van der Waals surface area contributed by atoms with Gasteiger partial charge in [0.2, 0.25) is 0 Å². The molecule has 94 valence electrons. The van der Waals surface area contributed by atoms with Crippen LogP contribution in [0.1, 0.15) is 17.2 Å². The molecule has 0 aliphatic heterocycles. The number of nitrogens with two attached hydrogens (primary N) is 1. The Morgan fingerprint density at radius 3 is 2.59 bits per heavy atom. The molecule has 1 unspecified atom stereocenters. The number of amides is 1. The number of nitrogens with one attached hydrogen (secondary N) is 1. The minimum absolute atomic E-state index is 0.117. The van der Waals surface area contributed by atoms with Crippen LogP contribution in [0.2, 0.25) is 0 Å². The van der Waals surface area contributed by atoms with Crippen LogP contribution in [0.5, 0.6) is 0 Å². The molecule has 0 bridgehead atoms. The van der Waals surface area contributed by atoms with E-state index >= 15 is 0 Å². The molecule has 0 aromatic heterocycles. The predicted octanol–water partition coefficient (Wildman–Crippen LogP) is 1.97. The molecule has 0 spiro atoms. The van der Waals surface area contributed by atoms with Crippen LogP contribution in [0, 0.1) is 0 Å². The van der Waals surface area contributed by atoms with Crippen molar-refractivity contribution in [1.29, 1.82) is 0 Å². The Bertz CT molecular complexity index is 407. The Kier molecular flexibility index (Phi) is 3.95. The Hall–Kier alpha value is -1.76. The molecule has 4 nitrogen and oxygen atoms in total. The average Bonchev–Trinajstić information content (AvgIpc) is 2.24. The summed E-state index contributed by atoms with van der Waals surface area (Å²) in [7, 11) is 0. The molecular weight excluding hydrogens is 237 g/mol. The van der Waals surface area contributed by atoms with Crippen molar-refractivity contribution >= 4 is 6.09 Å².